The highest BCUT2D eigenvalue weighted by Gasteiger charge is 2.55. The average molecular weight is 296 g/mol. The van der Waals surface area contributed by atoms with E-state index in [0.717, 1.165) is 0 Å². The number of carboxylic acid groups (broad SMARTS) is 1. The van der Waals surface area contributed by atoms with E-state index in [1.165, 1.54) is 12.1 Å². The van der Waals surface area contributed by atoms with Crippen molar-refractivity contribution in [3.8, 4) is 11.5 Å². The lowest BCUT2D eigenvalue weighted by atomic mass is 10.1. The Morgan fingerprint density at radius 3 is 2.10 bits per heavy atom. The van der Waals surface area contributed by atoms with E-state index in [0.29, 0.717) is 24.7 Å². The van der Waals surface area contributed by atoms with Gasteiger partial charge in [-0.25, -0.2) is 4.79 Å². The van der Waals surface area contributed by atoms with Gasteiger partial charge < -0.3 is 24.1 Å². The van der Waals surface area contributed by atoms with Crippen LogP contribution in [0.3, 0.4) is 0 Å². The molecule has 0 fully saturated rings. The first-order valence-corrected chi connectivity index (χ1v) is 6.88. The molecule has 6 heteroatoms. The Bertz CT molecular complexity index is 543. The number of carbonyl (C=O) groups is 1. The molecule has 0 amide bonds. The van der Waals surface area contributed by atoms with E-state index in [1.807, 2.05) is 13.8 Å². The molecular weight excluding hydrogens is 276 g/mol. The van der Waals surface area contributed by atoms with Gasteiger partial charge in [-0.15, -0.1) is 0 Å². The van der Waals surface area contributed by atoms with Gasteiger partial charge in [-0.2, -0.15) is 0 Å². The first kappa shape index (κ1) is 15.6. The summed E-state index contributed by atoms with van der Waals surface area (Å²) in [4.78, 5) is 11.1. The van der Waals surface area contributed by atoms with Gasteiger partial charge in [0.2, 0.25) is 0 Å². The van der Waals surface area contributed by atoms with E-state index in [4.69, 9.17) is 24.1 Å². The van der Waals surface area contributed by atoms with Crippen LogP contribution in [0, 0.1) is 0 Å². The van der Waals surface area contributed by atoms with Crippen molar-refractivity contribution in [3.63, 3.8) is 0 Å². The molecule has 0 saturated heterocycles. The number of fused-ring (bicyclic) bond motifs is 1. The third kappa shape index (κ3) is 2.69. The lowest BCUT2D eigenvalue weighted by molar-refractivity contribution is -0.357. The van der Waals surface area contributed by atoms with Crippen LogP contribution >= 0.6 is 0 Å². The van der Waals surface area contributed by atoms with Crippen molar-refractivity contribution in [3.05, 3.63) is 23.8 Å². The largest absolute Gasteiger partial charge is 0.478 e. The van der Waals surface area contributed by atoms with E-state index in [1.54, 1.807) is 19.9 Å². The maximum absolute atomic E-state index is 11.1. The molecular formula is C15H20O6. The van der Waals surface area contributed by atoms with E-state index in [9.17, 15) is 4.79 Å². The number of hydrogen-bond acceptors (Lipinski definition) is 5. The molecule has 1 N–H and O–H groups in total. The second kappa shape index (κ2) is 5.54. The highest BCUT2D eigenvalue weighted by molar-refractivity contribution is 5.88. The van der Waals surface area contributed by atoms with Crippen molar-refractivity contribution in [2.45, 2.75) is 39.3 Å². The molecule has 1 aliphatic rings. The molecule has 2 unspecified atom stereocenters. The minimum absolute atomic E-state index is 0.121. The summed E-state index contributed by atoms with van der Waals surface area (Å²) < 4.78 is 23.1. The summed E-state index contributed by atoms with van der Waals surface area (Å²) in [5.41, 5.74) is 0.121. The summed E-state index contributed by atoms with van der Waals surface area (Å²) in [5.74, 6) is -2.59. The predicted molar refractivity (Wildman–Crippen MR) is 74.7 cm³/mol. The Hall–Kier alpha value is -1.79. The molecule has 1 aromatic carbocycles. The van der Waals surface area contributed by atoms with Crippen LogP contribution in [0.25, 0.3) is 0 Å². The van der Waals surface area contributed by atoms with Crippen LogP contribution in [0.15, 0.2) is 18.2 Å². The van der Waals surface area contributed by atoms with Crippen LogP contribution in [0.5, 0.6) is 11.5 Å². The van der Waals surface area contributed by atoms with Gasteiger partial charge in [0.25, 0.3) is 11.6 Å². The highest BCUT2D eigenvalue weighted by Crippen LogP contribution is 2.44. The Morgan fingerprint density at radius 1 is 1.10 bits per heavy atom. The van der Waals surface area contributed by atoms with Crippen LogP contribution in [-0.4, -0.2) is 35.9 Å². The molecule has 1 aliphatic heterocycles. The van der Waals surface area contributed by atoms with Crippen molar-refractivity contribution in [2.24, 2.45) is 0 Å². The normalized spacial score (nSPS) is 27.4. The first-order valence-electron chi connectivity index (χ1n) is 6.88. The summed E-state index contributed by atoms with van der Waals surface area (Å²) in [6.07, 6.45) is 0. The van der Waals surface area contributed by atoms with Gasteiger partial charge in [-0.05, 0) is 32.0 Å². The fraction of sp³-hybridized carbons (Fsp3) is 0.533. The average Bonchev–Trinajstić information content (AvgIpc) is 2.40. The van der Waals surface area contributed by atoms with E-state index in [-0.39, 0.29) is 5.56 Å². The van der Waals surface area contributed by atoms with Gasteiger partial charge >= 0.3 is 5.97 Å². The van der Waals surface area contributed by atoms with Gasteiger partial charge in [-0.1, -0.05) is 0 Å². The maximum atomic E-state index is 11.1. The van der Waals surface area contributed by atoms with Gasteiger partial charge in [0.15, 0.2) is 11.5 Å². The predicted octanol–water partition coefficient (Wildman–Crippen LogP) is 2.66. The Balaban J connectivity index is 2.44. The summed E-state index contributed by atoms with van der Waals surface area (Å²) in [7, 11) is 0. The van der Waals surface area contributed by atoms with Crippen molar-refractivity contribution in [2.75, 3.05) is 13.2 Å². The second-order valence-corrected chi connectivity index (χ2v) is 4.93. The summed E-state index contributed by atoms with van der Waals surface area (Å²) in [5, 5.41) is 9.05. The SMILES string of the molecule is CCOC1(C)Oc2ccc(C(=O)O)cc2OC1(C)OCC. The van der Waals surface area contributed by atoms with Crippen molar-refractivity contribution < 1.29 is 28.8 Å². The third-order valence-electron chi connectivity index (χ3n) is 3.46. The molecule has 0 saturated carbocycles. The number of carboxylic acids is 1. The lowest BCUT2D eigenvalue weighted by Gasteiger charge is -2.47. The molecule has 116 valence electrons. The lowest BCUT2D eigenvalue weighted by Crippen LogP contribution is -2.63. The monoisotopic (exact) mass is 296 g/mol. The van der Waals surface area contributed by atoms with Crippen molar-refractivity contribution >= 4 is 5.97 Å². The Labute approximate surface area is 123 Å². The number of hydrogen-bond donors (Lipinski definition) is 1. The molecule has 0 aliphatic carbocycles. The topological polar surface area (TPSA) is 74.2 Å². The molecule has 1 aromatic rings. The number of aromatic carboxylic acids is 1. The van der Waals surface area contributed by atoms with E-state index >= 15 is 0 Å². The van der Waals surface area contributed by atoms with E-state index < -0.39 is 17.5 Å². The quantitative estimate of drug-likeness (QED) is 0.900. The van der Waals surface area contributed by atoms with Gasteiger partial charge in [0.05, 0.1) is 5.56 Å². The zero-order chi connectivity index (χ0) is 15.7. The smallest absolute Gasteiger partial charge is 0.335 e. The molecule has 2 rings (SSSR count). The van der Waals surface area contributed by atoms with E-state index in [2.05, 4.69) is 0 Å². The van der Waals surface area contributed by atoms with Crippen LogP contribution in [-0.2, 0) is 9.47 Å². The summed E-state index contributed by atoms with van der Waals surface area (Å²) in [6, 6.07) is 4.43. The molecule has 0 bridgehead atoms. The minimum atomic E-state index is -1.18. The Kier molecular flexibility index (Phi) is 4.11. The van der Waals surface area contributed by atoms with Crippen LogP contribution in [0.1, 0.15) is 38.1 Å². The summed E-state index contributed by atoms with van der Waals surface area (Å²) in [6.45, 7) is 7.96. The fourth-order valence-corrected chi connectivity index (χ4v) is 2.28. The van der Waals surface area contributed by atoms with Crippen LogP contribution in [0.4, 0.5) is 0 Å². The summed E-state index contributed by atoms with van der Waals surface area (Å²) >= 11 is 0. The number of benzene rings is 1. The van der Waals surface area contributed by atoms with Crippen molar-refractivity contribution in [1.82, 2.24) is 0 Å². The van der Waals surface area contributed by atoms with Gasteiger partial charge in [-0.3, -0.25) is 0 Å². The first-order chi connectivity index (χ1) is 9.85. The third-order valence-corrected chi connectivity index (χ3v) is 3.46. The molecule has 21 heavy (non-hydrogen) atoms. The molecule has 1 heterocycles. The Morgan fingerprint density at radius 2 is 1.62 bits per heavy atom. The molecule has 2 atom stereocenters. The molecule has 0 spiro atoms. The highest BCUT2D eigenvalue weighted by atomic mass is 16.8. The maximum Gasteiger partial charge on any atom is 0.335 e. The van der Waals surface area contributed by atoms with Crippen LogP contribution < -0.4 is 9.47 Å². The second-order valence-electron chi connectivity index (χ2n) is 4.93. The van der Waals surface area contributed by atoms with Crippen LogP contribution in [0.2, 0.25) is 0 Å². The van der Waals surface area contributed by atoms with Gasteiger partial charge in [0, 0.05) is 27.1 Å². The number of ether oxygens (including phenoxy) is 4. The zero-order valence-corrected chi connectivity index (χ0v) is 12.6. The molecule has 6 nitrogen and oxygen atoms in total. The van der Waals surface area contributed by atoms with Gasteiger partial charge in [0.1, 0.15) is 0 Å². The fourth-order valence-electron chi connectivity index (χ4n) is 2.28. The minimum Gasteiger partial charge on any atom is -0.478 e. The molecule has 0 aromatic heterocycles. The zero-order valence-electron chi connectivity index (χ0n) is 12.6. The number of rotatable bonds is 5. The standard InChI is InChI=1S/C15H20O6/c1-5-18-14(3)15(4,19-6-2)21-12-9-10(13(16)17)7-8-11(12)20-14/h7-9H,5-6H2,1-4H3,(H,16,17). The molecule has 0 radical (unpaired) electrons. The van der Waals surface area contributed by atoms with Crippen molar-refractivity contribution in [1.29, 1.82) is 0 Å².